The van der Waals surface area contributed by atoms with Crippen LogP contribution in [0.25, 0.3) is 0 Å². The fourth-order valence-electron chi connectivity index (χ4n) is 2.14. The van der Waals surface area contributed by atoms with E-state index in [2.05, 4.69) is 36.0 Å². The summed E-state index contributed by atoms with van der Waals surface area (Å²) in [5.41, 5.74) is 1.25. The van der Waals surface area contributed by atoms with E-state index in [9.17, 15) is 5.11 Å². The molecule has 2 unspecified atom stereocenters. The van der Waals surface area contributed by atoms with Crippen molar-refractivity contribution in [3.8, 4) is 0 Å². The Labute approximate surface area is 122 Å². The predicted molar refractivity (Wildman–Crippen MR) is 82.6 cm³/mol. The van der Waals surface area contributed by atoms with Gasteiger partial charge in [-0.3, -0.25) is 4.90 Å². The largest absolute Gasteiger partial charge is 0.389 e. The Bertz CT molecular complexity index is 390. The van der Waals surface area contributed by atoms with Crippen molar-refractivity contribution in [2.45, 2.75) is 39.0 Å². The third kappa shape index (κ3) is 5.49. The predicted octanol–water partition coefficient (Wildman–Crippen LogP) is 2.19. The first-order valence-corrected chi connectivity index (χ1v) is 7.29. The summed E-state index contributed by atoms with van der Waals surface area (Å²) in [6, 6.07) is 4.60. The monoisotopic (exact) mass is 280 g/mol. The Hall–Kier alpha value is -1.10. The first-order valence-electron chi connectivity index (χ1n) is 7.29. The number of hydrogen-bond donors (Lipinski definition) is 1. The van der Waals surface area contributed by atoms with E-state index >= 15 is 0 Å². The van der Waals surface area contributed by atoms with Crippen LogP contribution in [0, 0.1) is 0 Å². The van der Waals surface area contributed by atoms with Crippen LogP contribution in [0.15, 0.2) is 31.0 Å². The number of aromatic nitrogens is 1. The molecule has 4 heteroatoms. The summed E-state index contributed by atoms with van der Waals surface area (Å²) in [6.07, 6.45) is 4.34. The average molecular weight is 280 g/mol. The van der Waals surface area contributed by atoms with Crippen LogP contribution in [0.5, 0.6) is 0 Å². The number of rotatable bonds is 10. The van der Waals surface area contributed by atoms with Crippen molar-refractivity contribution in [2.24, 2.45) is 7.05 Å². The van der Waals surface area contributed by atoms with Crippen molar-refractivity contribution in [1.29, 1.82) is 0 Å². The van der Waals surface area contributed by atoms with Crippen molar-refractivity contribution in [1.82, 2.24) is 9.47 Å². The molecule has 0 amide bonds. The number of nitrogens with zero attached hydrogens (tertiary/aromatic N) is 2. The molecule has 1 N–H and O–H groups in total. The van der Waals surface area contributed by atoms with Crippen molar-refractivity contribution < 1.29 is 9.84 Å². The lowest BCUT2D eigenvalue weighted by Gasteiger charge is -2.30. The summed E-state index contributed by atoms with van der Waals surface area (Å²) in [7, 11) is 2.05. The third-order valence-electron chi connectivity index (χ3n) is 3.62. The van der Waals surface area contributed by atoms with Gasteiger partial charge >= 0.3 is 0 Å². The first kappa shape index (κ1) is 17.0. The molecule has 0 saturated heterocycles. The molecule has 4 nitrogen and oxygen atoms in total. The summed E-state index contributed by atoms with van der Waals surface area (Å²) < 4.78 is 7.44. The van der Waals surface area contributed by atoms with Crippen LogP contribution < -0.4 is 0 Å². The van der Waals surface area contributed by atoms with Gasteiger partial charge in [0.15, 0.2) is 0 Å². The second kappa shape index (κ2) is 8.95. The van der Waals surface area contributed by atoms with Crippen LogP contribution in [0.1, 0.15) is 26.0 Å². The van der Waals surface area contributed by atoms with E-state index in [1.807, 2.05) is 19.3 Å². The highest BCUT2D eigenvalue weighted by atomic mass is 16.5. The Balaban J connectivity index is 2.56. The lowest BCUT2D eigenvalue weighted by molar-refractivity contribution is 0.0152. The van der Waals surface area contributed by atoms with Gasteiger partial charge in [0.1, 0.15) is 0 Å². The molecule has 0 spiro atoms. The van der Waals surface area contributed by atoms with Gasteiger partial charge in [0.25, 0.3) is 0 Å². The smallest absolute Gasteiger partial charge is 0.0900 e. The Morgan fingerprint density at radius 3 is 2.85 bits per heavy atom. The highest BCUT2D eigenvalue weighted by Gasteiger charge is 2.18. The van der Waals surface area contributed by atoms with Crippen molar-refractivity contribution >= 4 is 0 Å². The van der Waals surface area contributed by atoms with E-state index < -0.39 is 6.10 Å². The zero-order valence-corrected chi connectivity index (χ0v) is 13.0. The molecule has 0 bridgehead atoms. The van der Waals surface area contributed by atoms with Gasteiger partial charge in [-0.05, 0) is 25.5 Å². The SMILES string of the molecule is C=CCOCC(O)CN(Cc1cccn1C)C(C)CC. The minimum absolute atomic E-state index is 0.353. The maximum atomic E-state index is 10.1. The van der Waals surface area contributed by atoms with Crippen molar-refractivity contribution in [3.05, 3.63) is 36.7 Å². The lowest BCUT2D eigenvalue weighted by atomic mass is 10.2. The minimum Gasteiger partial charge on any atom is -0.389 e. The van der Waals surface area contributed by atoms with Gasteiger partial charge in [-0.1, -0.05) is 13.0 Å². The maximum Gasteiger partial charge on any atom is 0.0900 e. The van der Waals surface area contributed by atoms with Gasteiger partial charge in [0.05, 0.1) is 19.3 Å². The molecule has 1 aromatic rings. The maximum absolute atomic E-state index is 10.1. The topological polar surface area (TPSA) is 37.6 Å². The van der Waals surface area contributed by atoms with Crippen LogP contribution in [0.4, 0.5) is 0 Å². The van der Waals surface area contributed by atoms with Gasteiger partial charge in [0, 0.05) is 38.1 Å². The van der Waals surface area contributed by atoms with E-state index in [0.29, 0.717) is 25.8 Å². The van der Waals surface area contributed by atoms with Crippen LogP contribution in [0.3, 0.4) is 0 Å². The average Bonchev–Trinajstić information content (AvgIpc) is 2.83. The number of aliphatic hydroxyl groups is 1. The standard InChI is InChI=1S/C16H28N2O2/c1-5-10-20-13-16(19)12-18(14(3)6-2)11-15-8-7-9-17(15)4/h5,7-9,14,16,19H,1,6,10-13H2,2-4H3. The molecule has 0 fully saturated rings. The molecule has 0 aliphatic carbocycles. The molecule has 0 aliphatic rings. The molecule has 0 radical (unpaired) electrons. The van der Waals surface area contributed by atoms with E-state index in [1.165, 1.54) is 5.69 Å². The zero-order valence-electron chi connectivity index (χ0n) is 13.0. The molecule has 1 rings (SSSR count). The Kier molecular flexibility index (Phi) is 7.59. The van der Waals surface area contributed by atoms with Crippen LogP contribution >= 0.6 is 0 Å². The summed E-state index contributed by atoms with van der Waals surface area (Å²) >= 11 is 0. The van der Waals surface area contributed by atoms with Gasteiger partial charge in [0.2, 0.25) is 0 Å². The third-order valence-corrected chi connectivity index (χ3v) is 3.62. The van der Waals surface area contributed by atoms with Crippen molar-refractivity contribution in [2.75, 3.05) is 19.8 Å². The number of ether oxygens (including phenoxy) is 1. The molecular weight excluding hydrogens is 252 g/mol. The fraction of sp³-hybridized carbons (Fsp3) is 0.625. The number of hydrogen-bond acceptors (Lipinski definition) is 3. The number of aliphatic hydroxyl groups excluding tert-OH is 1. The lowest BCUT2D eigenvalue weighted by Crippen LogP contribution is -2.40. The molecule has 20 heavy (non-hydrogen) atoms. The van der Waals surface area contributed by atoms with Crippen LogP contribution in [0.2, 0.25) is 0 Å². The summed E-state index contributed by atoms with van der Waals surface area (Å²) in [6.45, 7) is 10.3. The summed E-state index contributed by atoms with van der Waals surface area (Å²) in [5, 5.41) is 10.1. The van der Waals surface area contributed by atoms with Gasteiger partial charge in [-0.15, -0.1) is 6.58 Å². The highest BCUT2D eigenvalue weighted by molar-refractivity contribution is 5.06. The molecule has 0 aromatic carbocycles. The van der Waals surface area contributed by atoms with E-state index in [4.69, 9.17) is 4.74 Å². The summed E-state index contributed by atoms with van der Waals surface area (Å²) in [4.78, 5) is 2.30. The normalized spacial score (nSPS) is 14.4. The molecule has 0 saturated carbocycles. The van der Waals surface area contributed by atoms with Crippen molar-refractivity contribution in [3.63, 3.8) is 0 Å². The molecule has 2 atom stereocenters. The van der Waals surface area contributed by atoms with E-state index in [0.717, 1.165) is 13.0 Å². The number of aryl methyl sites for hydroxylation is 1. The van der Waals surface area contributed by atoms with Gasteiger partial charge < -0.3 is 14.4 Å². The quantitative estimate of drug-likeness (QED) is 0.527. The Morgan fingerprint density at radius 2 is 2.30 bits per heavy atom. The van der Waals surface area contributed by atoms with Gasteiger partial charge in [-0.2, -0.15) is 0 Å². The Morgan fingerprint density at radius 1 is 1.55 bits per heavy atom. The second-order valence-electron chi connectivity index (χ2n) is 5.28. The van der Waals surface area contributed by atoms with Crippen LogP contribution in [-0.2, 0) is 18.3 Å². The van der Waals surface area contributed by atoms with Crippen LogP contribution in [-0.4, -0.2) is 46.5 Å². The summed E-state index contributed by atoms with van der Waals surface area (Å²) in [5.74, 6) is 0. The zero-order chi connectivity index (χ0) is 15.0. The molecular formula is C16H28N2O2. The highest BCUT2D eigenvalue weighted by Crippen LogP contribution is 2.11. The second-order valence-corrected chi connectivity index (χ2v) is 5.28. The van der Waals surface area contributed by atoms with Gasteiger partial charge in [-0.25, -0.2) is 0 Å². The first-order chi connectivity index (χ1) is 9.58. The van der Waals surface area contributed by atoms with E-state index in [1.54, 1.807) is 6.08 Å². The fourth-order valence-corrected chi connectivity index (χ4v) is 2.14. The molecule has 1 heterocycles. The molecule has 114 valence electrons. The molecule has 1 aromatic heterocycles. The van der Waals surface area contributed by atoms with E-state index in [-0.39, 0.29) is 0 Å². The minimum atomic E-state index is -0.468. The molecule has 0 aliphatic heterocycles.